The van der Waals surface area contributed by atoms with Crippen LogP contribution in [0.4, 0.5) is 19.0 Å². The maximum atomic E-state index is 13.3. The number of rotatable bonds is 4. The molecule has 0 aliphatic carbocycles. The van der Waals surface area contributed by atoms with E-state index in [1.54, 1.807) is 34.8 Å². The first-order valence-electron chi connectivity index (χ1n) is 9.76. The second kappa shape index (κ2) is 7.47. The lowest BCUT2D eigenvalue weighted by Crippen LogP contribution is -2.22. The Labute approximate surface area is 177 Å². The van der Waals surface area contributed by atoms with Crippen molar-refractivity contribution in [3.63, 3.8) is 0 Å². The van der Waals surface area contributed by atoms with Crippen molar-refractivity contribution in [2.75, 3.05) is 23.5 Å². The predicted octanol–water partition coefficient (Wildman–Crippen LogP) is 3.46. The van der Waals surface area contributed by atoms with Crippen LogP contribution in [-0.4, -0.2) is 46.7 Å². The van der Waals surface area contributed by atoms with Crippen LogP contribution >= 0.6 is 0 Å². The lowest BCUT2D eigenvalue weighted by molar-refractivity contribution is -0.144. The summed E-state index contributed by atoms with van der Waals surface area (Å²) in [4.78, 5) is 9.12. The van der Waals surface area contributed by atoms with Crippen molar-refractivity contribution in [1.82, 2.24) is 19.7 Å². The van der Waals surface area contributed by atoms with Crippen LogP contribution in [0.25, 0.3) is 10.9 Å². The highest BCUT2D eigenvalue weighted by Crippen LogP contribution is 2.33. The Balaban J connectivity index is 1.71. The van der Waals surface area contributed by atoms with Gasteiger partial charge in [0.2, 0.25) is 5.82 Å². The molecule has 0 spiro atoms. The van der Waals surface area contributed by atoms with Crippen LogP contribution < -0.4 is 4.90 Å². The van der Waals surface area contributed by atoms with E-state index >= 15 is 0 Å². The molecule has 1 unspecified atom stereocenters. The first-order chi connectivity index (χ1) is 14.5. The van der Waals surface area contributed by atoms with Gasteiger partial charge in [0.25, 0.3) is 0 Å². The molecule has 3 aromatic rings. The summed E-state index contributed by atoms with van der Waals surface area (Å²) in [6.07, 6.45) is -4.16. The summed E-state index contributed by atoms with van der Waals surface area (Å²) >= 11 is 0. The normalized spacial score (nSPS) is 18.6. The highest BCUT2D eigenvalue weighted by Gasteiger charge is 2.36. The molecule has 31 heavy (non-hydrogen) atoms. The smallest absolute Gasteiger partial charge is 0.355 e. The van der Waals surface area contributed by atoms with E-state index in [1.807, 2.05) is 13.8 Å². The Kier molecular flexibility index (Phi) is 5.19. The number of benzene rings is 1. The molecule has 1 aliphatic rings. The Morgan fingerprint density at radius 2 is 1.90 bits per heavy atom. The zero-order valence-electron chi connectivity index (χ0n) is 17.3. The van der Waals surface area contributed by atoms with Crippen molar-refractivity contribution in [3.8, 4) is 0 Å². The number of aryl methyl sites for hydroxylation is 1. The molecular weight excluding hydrogens is 431 g/mol. The summed E-state index contributed by atoms with van der Waals surface area (Å²) in [7, 11) is -1.40. The monoisotopic (exact) mass is 453 g/mol. The average Bonchev–Trinajstić information content (AvgIpc) is 3.19. The molecule has 1 aromatic carbocycles. The third-order valence-corrected chi connectivity index (χ3v) is 7.37. The van der Waals surface area contributed by atoms with Crippen LogP contribution in [0.1, 0.15) is 35.2 Å². The van der Waals surface area contributed by atoms with Crippen molar-refractivity contribution in [2.45, 2.75) is 39.0 Å². The van der Waals surface area contributed by atoms with E-state index in [-0.39, 0.29) is 35.4 Å². The van der Waals surface area contributed by atoms with Gasteiger partial charge in [-0.15, -0.1) is 0 Å². The molecular formula is C20H22F3N5O2S. The van der Waals surface area contributed by atoms with Gasteiger partial charge in [0.1, 0.15) is 5.82 Å². The minimum atomic E-state index is -4.66. The molecule has 0 amide bonds. The molecule has 7 nitrogen and oxygen atoms in total. The fourth-order valence-electron chi connectivity index (χ4n) is 4.04. The number of hydrogen-bond donors (Lipinski definition) is 0. The van der Waals surface area contributed by atoms with E-state index in [1.165, 1.54) is 6.07 Å². The van der Waals surface area contributed by atoms with Crippen LogP contribution in [0, 0.1) is 13.8 Å². The molecule has 3 heterocycles. The number of hydrogen-bond acceptors (Lipinski definition) is 6. The number of halogens is 3. The Morgan fingerprint density at radius 3 is 2.55 bits per heavy atom. The van der Waals surface area contributed by atoms with Crippen molar-refractivity contribution >= 4 is 26.6 Å². The summed E-state index contributed by atoms with van der Waals surface area (Å²) in [6, 6.07) is 6.35. The van der Waals surface area contributed by atoms with Gasteiger partial charge in [-0.05, 0) is 32.4 Å². The van der Waals surface area contributed by atoms with Crippen LogP contribution in [0.5, 0.6) is 0 Å². The van der Waals surface area contributed by atoms with Gasteiger partial charge < -0.3 is 4.90 Å². The topological polar surface area (TPSA) is 81.0 Å². The van der Waals surface area contributed by atoms with Gasteiger partial charge in [-0.3, -0.25) is 4.68 Å². The molecule has 1 aliphatic heterocycles. The quantitative estimate of drug-likeness (QED) is 0.602. The zero-order valence-corrected chi connectivity index (χ0v) is 18.1. The number of anilines is 1. The fraction of sp³-hybridized carbons (Fsp3) is 0.450. The second-order valence-electron chi connectivity index (χ2n) is 7.89. The molecule has 1 saturated heterocycles. The third kappa shape index (κ3) is 4.10. The summed E-state index contributed by atoms with van der Waals surface area (Å²) in [5.74, 6) is -0.824. The van der Waals surface area contributed by atoms with E-state index < -0.39 is 21.8 Å². The van der Waals surface area contributed by atoms with Gasteiger partial charge in [-0.2, -0.15) is 18.3 Å². The lowest BCUT2D eigenvalue weighted by Gasteiger charge is -2.21. The van der Waals surface area contributed by atoms with Crippen molar-refractivity contribution in [2.24, 2.45) is 0 Å². The third-order valence-electron chi connectivity index (χ3n) is 5.62. The highest BCUT2D eigenvalue weighted by atomic mass is 32.2. The molecule has 166 valence electrons. The van der Waals surface area contributed by atoms with E-state index in [2.05, 4.69) is 15.1 Å². The standard InChI is InChI=1S/C20H22F3N5O2S/c1-12-16(13(2)28(26-12)14-8-9-31(29,30)11-14)10-27(3)18-15-6-4-5-7-17(15)24-19(25-18)20(21,22)23/h4-7,14H,8-11H2,1-3H3. The van der Waals surface area contributed by atoms with Crippen LogP contribution in [0.2, 0.25) is 0 Å². The lowest BCUT2D eigenvalue weighted by atomic mass is 10.1. The Morgan fingerprint density at radius 1 is 1.19 bits per heavy atom. The molecule has 11 heteroatoms. The summed E-state index contributed by atoms with van der Waals surface area (Å²) in [5, 5.41) is 5.05. The van der Waals surface area contributed by atoms with E-state index in [0.717, 1.165) is 11.3 Å². The van der Waals surface area contributed by atoms with Gasteiger partial charge in [0.05, 0.1) is 28.8 Å². The number of para-hydroxylation sites is 1. The molecule has 2 aromatic heterocycles. The molecule has 0 saturated carbocycles. The maximum absolute atomic E-state index is 13.3. The largest absolute Gasteiger partial charge is 0.451 e. The molecule has 1 fully saturated rings. The first kappa shape index (κ1) is 21.5. The number of aromatic nitrogens is 4. The molecule has 0 radical (unpaired) electrons. The van der Waals surface area contributed by atoms with Crippen LogP contribution in [0.3, 0.4) is 0 Å². The molecule has 0 bridgehead atoms. The summed E-state index contributed by atoms with van der Waals surface area (Å²) in [6.45, 7) is 3.94. The molecule has 1 atom stereocenters. The van der Waals surface area contributed by atoms with Crippen molar-refractivity contribution < 1.29 is 21.6 Å². The Hall–Kier alpha value is -2.69. The Bertz CT molecular complexity index is 1250. The molecule has 4 rings (SSSR count). The maximum Gasteiger partial charge on any atom is 0.451 e. The molecule has 0 N–H and O–H groups in total. The summed E-state index contributed by atoms with van der Waals surface area (Å²) < 4.78 is 65.5. The van der Waals surface area contributed by atoms with Crippen LogP contribution in [-0.2, 0) is 22.6 Å². The van der Waals surface area contributed by atoms with Gasteiger partial charge in [0, 0.05) is 30.2 Å². The SMILES string of the molecule is Cc1nn(C2CCS(=O)(=O)C2)c(C)c1CN(C)c1nc(C(F)(F)F)nc2ccccc12. The second-order valence-corrected chi connectivity index (χ2v) is 10.1. The van der Waals surface area contributed by atoms with Gasteiger partial charge in [-0.1, -0.05) is 12.1 Å². The zero-order chi connectivity index (χ0) is 22.6. The van der Waals surface area contributed by atoms with Gasteiger partial charge >= 0.3 is 6.18 Å². The summed E-state index contributed by atoms with van der Waals surface area (Å²) in [5.41, 5.74) is 2.57. The minimum Gasteiger partial charge on any atom is -0.355 e. The van der Waals surface area contributed by atoms with Crippen molar-refractivity contribution in [3.05, 3.63) is 47.0 Å². The minimum absolute atomic E-state index is 0.0513. The fourth-order valence-corrected chi connectivity index (χ4v) is 5.73. The van der Waals surface area contributed by atoms with Gasteiger partial charge in [0.15, 0.2) is 9.84 Å². The number of nitrogens with zero attached hydrogens (tertiary/aromatic N) is 5. The van der Waals surface area contributed by atoms with Crippen molar-refractivity contribution in [1.29, 1.82) is 0 Å². The average molecular weight is 453 g/mol. The number of sulfone groups is 1. The predicted molar refractivity (Wildman–Crippen MR) is 111 cm³/mol. The van der Waals surface area contributed by atoms with Gasteiger partial charge in [-0.25, -0.2) is 18.4 Å². The first-order valence-corrected chi connectivity index (χ1v) is 11.6. The van der Waals surface area contributed by atoms with E-state index in [0.29, 0.717) is 17.5 Å². The van der Waals surface area contributed by atoms with Crippen LogP contribution in [0.15, 0.2) is 24.3 Å². The highest BCUT2D eigenvalue weighted by molar-refractivity contribution is 7.91. The number of alkyl halides is 3. The van der Waals surface area contributed by atoms with E-state index in [4.69, 9.17) is 0 Å². The number of fused-ring (bicyclic) bond motifs is 1. The van der Waals surface area contributed by atoms with E-state index in [9.17, 15) is 21.6 Å².